The van der Waals surface area contributed by atoms with Crippen molar-refractivity contribution in [3.8, 4) is 0 Å². The SMILES string of the molecule is Cc1ccc(C(=O)/C=C/Nc2ccc(Br)c(Cl)c2)cc1. The Bertz CT molecular complexity index is 650. The quantitative estimate of drug-likeness (QED) is 0.605. The molecule has 0 fully saturated rings. The molecule has 2 rings (SSSR count). The first-order valence-electron chi connectivity index (χ1n) is 6.05. The zero-order chi connectivity index (χ0) is 14.5. The number of carbonyl (C=O) groups excluding carboxylic acids is 1. The summed E-state index contributed by atoms with van der Waals surface area (Å²) in [7, 11) is 0. The molecule has 0 saturated heterocycles. The summed E-state index contributed by atoms with van der Waals surface area (Å²) < 4.78 is 0.837. The third-order valence-corrected chi connectivity index (χ3v) is 3.97. The first-order chi connectivity index (χ1) is 9.56. The Morgan fingerprint density at radius 1 is 1.20 bits per heavy atom. The summed E-state index contributed by atoms with van der Waals surface area (Å²) in [5.74, 6) is -0.0410. The van der Waals surface area contributed by atoms with E-state index in [1.807, 2.05) is 43.3 Å². The molecule has 0 heterocycles. The molecule has 0 spiro atoms. The molecule has 0 aromatic heterocycles. The van der Waals surface area contributed by atoms with Crippen LogP contribution in [0.1, 0.15) is 15.9 Å². The number of hydrogen-bond acceptors (Lipinski definition) is 2. The average molecular weight is 351 g/mol. The first kappa shape index (κ1) is 14.8. The van der Waals surface area contributed by atoms with Crippen LogP contribution in [0.4, 0.5) is 5.69 Å². The van der Waals surface area contributed by atoms with E-state index >= 15 is 0 Å². The van der Waals surface area contributed by atoms with E-state index in [4.69, 9.17) is 11.6 Å². The van der Waals surface area contributed by atoms with Gasteiger partial charge in [0.15, 0.2) is 5.78 Å². The van der Waals surface area contributed by atoms with Crippen LogP contribution in [0.3, 0.4) is 0 Å². The van der Waals surface area contributed by atoms with Gasteiger partial charge in [0.2, 0.25) is 0 Å². The van der Waals surface area contributed by atoms with Gasteiger partial charge in [-0.1, -0.05) is 41.4 Å². The summed E-state index contributed by atoms with van der Waals surface area (Å²) in [5.41, 5.74) is 2.63. The van der Waals surface area contributed by atoms with E-state index in [0.717, 1.165) is 15.7 Å². The number of aryl methyl sites for hydroxylation is 1. The third kappa shape index (κ3) is 3.95. The van der Waals surface area contributed by atoms with E-state index in [-0.39, 0.29) is 5.78 Å². The monoisotopic (exact) mass is 349 g/mol. The minimum Gasteiger partial charge on any atom is -0.362 e. The summed E-state index contributed by atoms with van der Waals surface area (Å²) in [4.78, 5) is 11.9. The number of nitrogens with one attached hydrogen (secondary N) is 1. The van der Waals surface area contributed by atoms with Gasteiger partial charge in [-0.05, 0) is 41.1 Å². The second kappa shape index (κ2) is 6.73. The molecule has 20 heavy (non-hydrogen) atoms. The highest BCUT2D eigenvalue weighted by Crippen LogP contribution is 2.25. The highest BCUT2D eigenvalue weighted by molar-refractivity contribution is 9.10. The van der Waals surface area contributed by atoms with E-state index < -0.39 is 0 Å². The molecule has 0 unspecified atom stereocenters. The van der Waals surface area contributed by atoms with Gasteiger partial charge >= 0.3 is 0 Å². The van der Waals surface area contributed by atoms with Crippen LogP contribution in [0.15, 0.2) is 59.2 Å². The summed E-state index contributed by atoms with van der Waals surface area (Å²) in [6.45, 7) is 1.99. The number of benzene rings is 2. The van der Waals surface area contributed by atoms with E-state index in [2.05, 4.69) is 21.2 Å². The number of hydrogen-bond donors (Lipinski definition) is 1. The molecule has 0 saturated carbocycles. The molecule has 0 aliphatic carbocycles. The van der Waals surface area contributed by atoms with Gasteiger partial charge in [0.1, 0.15) is 0 Å². The number of halogens is 2. The minimum atomic E-state index is -0.0410. The van der Waals surface area contributed by atoms with Crippen molar-refractivity contribution in [3.05, 3.63) is 75.4 Å². The lowest BCUT2D eigenvalue weighted by molar-refractivity contribution is 0.104. The fraction of sp³-hybridized carbons (Fsp3) is 0.0625. The Morgan fingerprint density at radius 3 is 2.55 bits per heavy atom. The van der Waals surface area contributed by atoms with Crippen LogP contribution < -0.4 is 5.32 Å². The van der Waals surface area contributed by atoms with Crippen molar-refractivity contribution in [2.45, 2.75) is 6.92 Å². The predicted octanol–water partition coefficient (Wildman–Crippen LogP) is 5.22. The number of allylic oxidation sites excluding steroid dienone is 1. The van der Waals surface area contributed by atoms with Crippen LogP contribution in [-0.2, 0) is 0 Å². The second-order valence-electron chi connectivity index (χ2n) is 4.34. The maximum atomic E-state index is 11.9. The maximum absolute atomic E-state index is 11.9. The molecular formula is C16H13BrClNO. The summed E-state index contributed by atoms with van der Waals surface area (Å²) in [6.07, 6.45) is 3.11. The van der Waals surface area contributed by atoms with Gasteiger partial charge in [0.05, 0.1) is 5.02 Å². The van der Waals surface area contributed by atoms with E-state index in [9.17, 15) is 4.79 Å². The molecular weight excluding hydrogens is 338 g/mol. The van der Waals surface area contributed by atoms with Crippen molar-refractivity contribution in [1.29, 1.82) is 0 Å². The largest absolute Gasteiger partial charge is 0.362 e. The zero-order valence-corrected chi connectivity index (χ0v) is 13.2. The molecule has 0 radical (unpaired) electrons. The minimum absolute atomic E-state index is 0.0410. The molecule has 2 aromatic rings. The van der Waals surface area contributed by atoms with Gasteiger partial charge in [0.25, 0.3) is 0 Å². The predicted molar refractivity (Wildman–Crippen MR) is 87.4 cm³/mol. The number of ketones is 1. The van der Waals surface area contributed by atoms with Crippen LogP contribution in [0.25, 0.3) is 0 Å². The molecule has 1 N–H and O–H groups in total. The first-order valence-corrected chi connectivity index (χ1v) is 7.22. The van der Waals surface area contributed by atoms with Crippen molar-refractivity contribution >= 4 is 39.0 Å². The van der Waals surface area contributed by atoms with Crippen molar-refractivity contribution in [3.63, 3.8) is 0 Å². The maximum Gasteiger partial charge on any atom is 0.187 e. The molecule has 0 aliphatic heterocycles. The highest BCUT2D eigenvalue weighted by Gasteiger charge is 2.01. The molecule has 102 valence electrons. The van der Waals surface area contributed by atoms with Gasteiger partial charge in [-0.2, -0.15) is 0 Å². The Hall–Kier alpha value is -1.58. The third-order valence-electron chi connectivity index (χ3n) is 2.74. The number of carbonyl (C=O) groups is 1. The summed E-state index contributed by atoms with van der Waals surface area (Å²) >= 11 is 9.31. The van der Waals surface area contributed by atoms with Crippen molar-refractivity contribution in [2.75, 3.05) is 5.32 Å². The van der Waals surface area contributed by atoms with Gasteiger partial charge in [-0.15, -0.1) is 0 Å². The lowest BCUT2D eigenvalue weighted by Gasteiger charge is -2.02. The Morgan fingerprint density at radius 2 is 1.90 bits per heavy atom. The van der Waals surface area contributed by atoms with Crippen molar-refractivity contribution in [2.24, 2.45) is 0 Å². The van der Waals surface area contributed by atoms with Crippen LogP contribution in [0.2, 0.25) is 5.02 Å². The standard InChI is InChI=1S/C16H13BrClNO/c1-11-2-4-12(5-3-11)16(20)8-9-19-13-6-7-14(17)15(18)10-13/h2-10,19H,1H3/b9-8+. The molecule has 0 atom stereocenters. The van der Waals surface area contributed by atoms with Crippen LogP contribution in [0.5, 0.6) is 0 Å². The Balaban J connectivity index is 2.00. The smallest absolute Gasteiger partial charge is 0.187 e. The Kier molecular flexibility index (Phi) is 4.99. The van der Waals surface area contributed by atoms with E-state index in [0.29, 0.717) is 10.6 Å². The second-order valence-corrected chi connectivity index (χ2v) is 5.60. The number of anilines is 1. The topological polar surface area (TPSA) is 29.1 Å². The fourth-order valence-electron chi connectivity index (χ4n) is 1.61. The zero-order valence-electron chi connectivity index (χ0n) is 10.9. The van der Waals surface area contributed by atoms with Gasteiger partial charge < -0.3 is 5.32 Å². The Labute approximate surface area is 131 Å². The van der Waals surface area contributed by atoms with Gasteiger partial charge in [0, 0.05) is 28.0 Å². The molecule has 0 aliphatic rings. The molecule has 0 amide bonds. The van der Waals surface area contributed by atoms with Gasteiger partial charge in [-0.25, -0.2) is 0 Å². The van der Waals surface area contributed by atoms with E-state index in [1.165, 1.54) is 6.08 Å². The van der Waals surface area contributed by atoms with Gasteiger partial charge in [-0.3, -0.25) is 4.79 Å². The van der Waals surface area contributed by atoms with Crippen LogP contribution in [-0.4, -0.2) is 5.78 Å². The van der Waals surface area contributed by atoms with Crippen LogP contribution in [0, 0.1) is 6.92 Å². The normalized spacial score (nSPS) is 10.8. The molecule has 2 aromatic carbocycles. The summed E-state index contributed by atoms with van der Waals surface area (Å²) in [5, 5.41) is 3.64. The number of rotatable bonds is 4. The summed E-state index contributed by atoms with van der Waals surface area (Å²) in [6, 6.07) is 13.0. The lowest BCUT2D eigenvalue weighted by atomic mass is 10.1. The van der Waals surface area contributed by atoms with E-state index in [1.54, 1.807) is 12.3 Å². The van der Waals surface area contributed by atoms with Crippen LogP contribution >= 0.6 is 27.5 Å². The lowest BCUT2D eigenvalue weighted by Crippen LogP contribution is -1.96. The molecule has 2 nitrogen and oxygen atoms in total. The average Bonchev–Trinajstić information content (AvgIpc) is 2.43. The molecule has 4 heteroatoms. The highest BCUT2D eigenvalue weighted by atomic mass is 79.9. The fourth-order valence-corrected chi connectivity index (χ4v) is 2.04. The molecule has 0 bridgehead atoms. The van der Waals surface area contributed by atoms with Crippen molar-refractivity contribution in [1.82, 2.24) is 0 Å². The van der Waals surface area contributed by atoms with Crippen molar-refractivity contribution < 1.29 is 4.79 Å².